The maximum Gasteiger partial charge on any atom is 0.153 e. The van der Waals surface area contributed by atoms with Crippen molar-refractivity contribution in [1.82, 2.24) is 15.2 Å². The molecule has 0 spiro atoms. The first kappa shape index (κ1) is 14.9. The molecule has 0 aliphatic carbocycles. The van der Waals surface area contributed by atoms with Crippen molar-refractivity contribution in [2.45, 2.75) is 37.9 Å². The van der Waals surface area contributed by atoms with Gasteiger partial charge in [0.25, 0.3) is 0 Å². The van der Waals surface area contributed by atoms with Crippen molar-refractivity contribution in [2.24, 2.45) is 0 Å². The number of nitrogens with one attached hydrogen (secondary N) is 1. The highest BCUT2D eigenvalue weighted by atomic mass is 32.2. The van der Waals surface area contributed by atoms with Crippen LogP contribution >= 0.6 is 0 Å². The van der Waals surface area contributed by atoms with Crippen LogP contribution in [0.5, 0.6) is 0 Å². The summed E-state index contributed by atoms with van der Waals surface area (Å²) in [5, 5.41) is 3.44. The summed E-state index contributed by atoms with van der Waals surface area (Å²) in [5.74, 6) is 0.562. The number of sulfone groups is 1. The Hall–Kier alpha value is -0.980. The standard InChI is InChI=1S/C15H23N3O2S/c19-21(20)11-14(17-10-13-5-4-6-16-9-13)15(12-21)18-7-2-1-3-8-18/h4-6,9,14-15,17H,1-3,7-8,10-12H2/t14-,15+/m1/s1. The number of pyridine rings is 1. The van der Waals surface area contributed by atoms with Crippen LogP contribution in [0.15, 0.2) is 24.5 Å². The van der Waals surface area contributed by atoms with E-state index in [2.05, 4.69) is 15.2 Å². The van der Waals surface area contributed by atoms with Gasteiger partial charge in [0.05, 0.1) is 11.5 Å². The Bertz CT molecular complexity index is 556. The lowest BCUT2D eigenvalue weighted by atomic mass is 10.0. The second kappa shape index (κ2) is 6.42. The van der Waals surface area contributed by atoms with Gasteiger partial charge in [0, 0.05) is 31.0 Å². The minimum Gasteiger partial charge on any atom is -0.307 e. The second-order valence-electron chi connectivity index (χ2n) is 6.09. The first-order chi connectivity index (χ1) is 10.1. The van der Waals surface area contributed by atoms with Gasteiger partial charge in [0.2, 0.25) is 0 Å². The van der Waals surface area contributed by atoms with E-state index in [0.29, 0.717) is 12.3 Å². The van der Waals surface area contributed by atoms with Crippen LogP contribution in [0.4, 0.5) is 0 Å². The molecule has 0 radical (unpaired) electrons. The largest absolute Gasteiger partial charge is 0.307 e. The summed E-state index contributed by atoms with van der Waals surface area (Å²) in [4.78, 5) is 6.47. The third-order valence-corrected chi connectivity index (χ3v) is 6.19. The molecule has 2 atom stereocenters. The molecule has 0 amide bonds. The van der Waals surface area contributed by atoms with Gasteiger partial charge in [-0.15, -0.1) is 0 Å². The molecule has 1 aromatic heterocycles. The number of aromatic nitrogens is 1. The molecule has 0 aromatic carbocycles. The lowest BCUT2D eigenvalue weighted by Crippen LogP contribution is -2.50. The predicted octanol–water partition coefficient (Wildman–Crippen LogP) is 0.823. The summed E-state index contributed by atoms with van der Waals surface area (Å²) in [6, 6.07) is 4.09. The zero-order chi connectivity index (χ0) is 14.7. The number of likely N-dealkylation sites (tertiary alicyclic amines) is 1. The number of hydrogen-bond acceptors (Lipinski definition) is 5. The van der Waals surface area contributed by atoms with E-state index in [1.54, 1.807) is 6.20 Å². The number of nitrogens with zero attached hydrogens (tertiary/aromatic N) is 2. The van der Waals surface area contributed by atoms with Crippen LogP contribution in [-0.2, 0) is 16.4 Å². The average molecular weight is 309 g/mol. The van der Waals surface area contributed by atoms with Crippen LogP contribution in [0, 0.1) is 0 Å². The third-order valence-electron chi connectivity index (χ3n) is 4.47. The molecule has 2 aliphatic heterocycles. The van der Waals surface area contributed by atoms with Gasteiger partial charge in [0.1, 0.15) is 0 Å². The highest BCUT2D eigenvalue weighted by molar-refractivity contribution is 7.91. The van der Waals surface area contributed by atoms with Gasteiger partial charge in [-0.1, -0.05) is 12.5 Å². The topological polar surface area (TPSA) is 62.3 Å². The highest BCUT2D eigenvalue weighted by Gasteiger charge is 2.40. The van der Waals surface area contributed by atoms with Gasteiger partial charge < -0.3 is 5.32 Å². The fourth-order valence-electron chi connectivity index (χ4n) is 3.39. The van der Waals surface area contributed by atoms with Crippen LogP contribution in [0.25, 0.3) is 0 Å². The first-order valence-electron chi connectivity index (χ1n) is 7.71. The molecule has 116 valence electrons. The zero-order valence-corrected chi connectivity index (χ0v) is 13.1. The molecule has 2 fully saturated rings. The molecule has 1 aromatic rings. The number of piperidine rings is 1. The van der Waals surface area contributed by atoms with Crippen molar-refractivity contribution in [2.75, 3.05) is 24.6 Å². The molecule has 2 aliphatic rings. The van der Waals surface area contributed by atoms with Crippen LogP contribution in [0.2, 0.25) is 0 Å². The molecule has 3 rings (SSSR count). The Balaban J connectivity index is 1.66. The van der Waals surface area contributed by atoms with Crippen LogP contribution in [-0.4, -0.2) is 55.0 Å². The average Bonchev–Trinajstić information content (AvgIpc) is 2.82. The summed E-state index contributed by atoms with van der Waals surface area (Å²) in [5.41, 5.74) is 1.10. The Labute approximate surface area is 126 Å². The fourth-order valence-corrected chi connectivity index (χ4v) is 5.37. The maximum atomic E-state index is 12.0. The predicted molar refractivity (Wildman–Crippen MR) is 82.7 cm³/mol. The van der Waals surface area contributed by atoms with E-state index >= 15 is 0 Å². The van der Waals surface area contributed by atoms with Gasteiger partial charge in [-0.2, -0.15) is 0 Å². The SMILES string of the molecule is O=S1(=O)C[C@@H](NCc2cccnc2)[C@@H](N2CCCCC2)C1. The Kier molecular flexibility index (Phi) is 4.57. The molecule has 0 saturated carbocycles. The lowest BCUT2D eigenvalue weighted by molar-refractivity contribution is 0.155. The van der Waals surface area contributed by atoms with Gasteiger partial charge in [-0.25, -0.2) is 8.42 Å². The first-order valence-corrected chi connectivity index (χ1v) is 9.53. The van der Waals surface area contributed by atoms with Gasteiger partial charge in [-0.05, 0) is 37.6 Å². The normalized spacial score (nSPS) is 29.5. The van der Waals surface area contributed by atoms with Crippen LogP contribution in [0.1, 0.15) is 24.8 Å². The van der Waals surface area contributed by atoms with Crippen LogP contribution < -0.4 is 5.32 Å². The Morgan fingerprint density at radius 3 is 2.76 bits per heavy atom. The van der Waals surface area contributed by atoms with Crippen LogP contribution in [0.3, 0.4) is 0 Å². The smallest absolute Gasteiger partial charge is 0.153 e. The Morgan fingerprint density at radius 1 is 1.24 bits per heavy atom. The molecule has 6 heteroatoms. The monoisotopic (exact) mass is 309 g/mol. The van der Waals surface area contributed by atoms with Gasteiger partial charge in [0.15, 0.2) is 9.84 Å². The fraction of sp³-hybridized carbons (Fsp3) is 0.667. The minimum atomic E-state index is -2.92. The van der Waals surface area contributed by atoms with Crippen molar-refractivity contribution in [1.29, 1.82) is 0 Å². The van der Waals surface area contributed by atoms with E-state index in [0.717, 1.165) is 18.7 Å². The van der Waals surface area contributed by atoms with Crippen molar-refractivity contribution >= 4 is 9.84 Å². The quantitative estimate of drug-likeness (QED) is 0.892. The summed E-state index contributed by atoms with van der Waals surface area (Å²) < 4.78 is 24.1. The molecule has 0 bridgehead atoms. The third kappa shape index (κ3) is 3.81. The van der Waals surface area contributed by atoms with Gasteiger partial charge in [-0.3, -0.25) is 9.88 Å². The van der Waals surface area contributed by atoms with E-state index in [9.17, 15) is 8.42 Å². The minimum absolute atomic E-state index is 0.0355. The molecule has 2 saturated heterocycles. The maximum absolute atomic E-state index is 12.0. The van der Waals surface area contributed by atoms with Crippen molar-refractivity contribution in [3.05, 3.63) is 30.1 Å². The molecule has 0 unspecified atom stereocenters. The van der Waals surface area contributed by atoms with Crippen molar-refractivity contribution in [3.63, 3.8) is 0 Å². The molecule has 21 heavy (non-hydrogen) atoms. The summed E-state index contributed by atoms with van der Waals surface area (Å²) >= 11 is 0. The summed E-state index contributed by atoms with van der Waals surface area (Å²) in [6.07, 6.45) is 7.22. The lowest BCUT2D eigenvalue weighted by Gasteiger charge is -2.35. The second-order valence-corrected chi connectivity index (χ2v) is 8.24. The number of hydrogen-bond donors (Lipinski definition) is 1. The van der Waals surface area contributed by atoms with E-state index < -0.39 is 9.84 Å². The van der Waals surface area contributed by atoms with Gasteiger partial charge >= 0.3 is 0 Å². The summed E-state index contributed by atoms with van der Waals surface area (Å²) in [6.45, 7) is 2.74. The van der Waals surface area contributed by atoms with E-state index in [-0.39, 0.29) is 17.8 Å². The molecular weight excluding hydrogens is 286 g/mol. The number of rotatable bonds is 4. The molecule has 3 heterocycles. The summed E-state index contributed by atoms with van der Waals surface area (Å²) in [7, 11) is -2.92. The Morgan fingerprint density at radius 2 is 2.05 bits per heavy atom. The molecular formula is C15H23N3O2S. The van der Waals surface area contributed by atoms with E-state index in [1.807, 2.05) is 18.3 Å². The zero-order valence-electron chi connectivity index (χ0n) is 12.2. The highest BCUT2D eigenvalue weighted by Crippen LogP contribution is 2.22. The molecule has 1 N–H and O–H groups in total. The van der Waals surface area contributed by atoms with Crippen molar-refractivity contribution < 1.29 is 8.42 Å². The van der Waals surface area contributed by atoms with Crippen molar-refractivity contribution in [3.8, 4) is 0 Å². The van der Waals surface area contributed by atoms with E-state index in [1.165, 1.54) is 19.3 Å². The molecule has 5 nitrogen and oxygen atoms in total. The van der Waals surface area contributed by atoms with E-state index in [4.69, 9.17) is 0 Å².